The molecule has 6 heavy (non-hydrogen) atoms. The summed E-state index contributed by atoms with van der Waals surface area (Å²) in [5, 5.41) is 0. The van der Waals surface area contributed by atoms with Crippen molar-refractivity contribution in [1.29, 1.82) is 0 Å². The van der Waals surface area contributed by atoms with Gasteiger partial charge in [0, 0.05) is 0 Å². The Balaban J connectivity index is 2.99. The van der Waals surface area contributed by atoms with Crippen LogP contribution in [-0.2, 0) is 4.57 Å². The van der Waals surface area contributed by atoms with Gasteiger partial charge in [0.25, 0.3) is 0 Å². The maximum atomic E-state index is 10.2. The molecule has 0 amide bonds. The van der Waals surface area contributed by atoms with Gasteiger partial charge in [0.1, 0.15) is 6.16 Å². The number of hydrogen-bond donors (Lipinski definition) is 0. The third kappa shape index (κ3) is 2.62. The van der Waals surface area contributed by atoms with Gasteiger partial charge in [-0.15, -0.1) is 0 Å². The van der Waals surface area contributed by atoms with Crippen LogP contribution in [0.25, 0.3) is 0 Å². The quantitative estimate of drug-likeness (QED) is 0.408. The van der Waals surface area contributed by atoms with Crippen LogP contribution in [0, 0.1) is 0 Å². The minimum atomic E-state index is -1.06. The Labute approximate surface area is 43.5 Å². The minimum Gasteiger partial charge on any atom is -0.0734 e. The van der Waals surface area contributed by atoms with Gasteiger partial charge in [0.15, 0.2) is 0 Å². The molecule has 0 bridgehead atoms. The van der Waals surface area contributed by atoms with Gasteiger partial charge < -0.3 is 0 Å². The number of alkyl halides is 1. The zero-order valence-electron chi connectivity index (χ0n) is 3.65. The number of rotatable bonds is 2. The predicted molar refractivity (Wildman–Crippen MR) is 28.9 cm³/mol. The van der Waals surface area contributed by atoms with Crippen LogP contribution in [0.1, 0.15) is 6.92 Å². The monoisotopic (exact) mass is 125 g/mol. The van der Waals surface area contributed by atoms with Crippen molar-refractivity contribution >= 4 is 19.4 Å². The van der Waals surface area contributed by atoms with Crippen molar-refractivity contribution in [1.82, 2.24) is 0 Å². The Morgan fingerprint density at radius 3 is 2.33 bits per heavy atom. The summed E-state index contributed by atoms with van der Waals surface area (Å²) in [5.74, 6) is 0. The molecule has 0 N–H and O–H groups in total. The van der Waals surface area contributed by atoms with Crippen molar-refractivity contribution < 1.29 is 4.57 Å². The van der Waals surface area contributed by atoms with E-state index in [1.165, 1.54) is 0 Å². The van der Waals surface area contributed by atoms with Crippen LogP contribution in [0.4, 0.5) is 0 Å². The van der Waals surface area contributed by atoms with Crippen LogP contribution in [0.3, 0.4) is 0 Å². The van der Waals surface area contributed by atoms with Gasteiger partial charge >= 0.3 is 7.80 Å². The molecule has 36 valence electrons. The van der Waals surface area contributed by atoms with Crippen LogP contribution < -0.4 is 0 Å². The topological polar surface area (TPSA) is 17.1 Å². The Morgan fingerprint density at radius 2 is 2.33 bits per heavy atom. The molecule has 0 rings (SSSR count). The summed E-state index contributed by atoms with van der Waals surface area (Å²) in [5.41, 5.74) is 0.311. The van der Waals surface area contributed by atoms with E-state index in [2.05, 4.69) is 0 Å². The van der Waals surface area contributed by atoms with Gasteiger partial charge in [-0.05, 0) is 6.92 Å². The first-order chi connectivity index (χ1) is 2.81. The third-order valence-electron chi connectivity index (χ3n) is 0.486. The second-order valence-corrected chi connectivity index (χ2v) is 3.47. The molecule has 0 radical (unpaired) electrons. The van der Waals surface area contributed by atoms with Crippen molar-refractivity contribution in [3.8, 4) is 0 Å². The highest BCUT2D eigenvalue weighted by Crippen LogP contribution is 2.19. The van der Waals surface area contributed by atoms with Gasteiger partial charge in [0.2, 0.25) is 5.62 Å². The van der Waals surface area contributed by atoms with Gasteiger partial charge in [-0.1, -0.05) is 16.2 Å². The second kappa shape index (κ2) is 3.58. The lowest BCUT2D eigenvalue weighted by Gasteiger charge is -1.64. The molecule has 0 aromatic heterocycles. The molecule has 0 aromatic rings. The van der Waals surface area contributed by atoms with Crippen molar-refractivity contribution in [2.75, 3.05) is 11.8 Å². The molecule has 1 nitrogen and oxygen atoms in total. The van der Waals surface area contributed by atoms with E-state index < -0.39 is 7.80 Å². The van der Waals surface area contributed by atoms with Crippen molar-refractivity contribution in [2.45, 2.75) is 6.92 Å². The highest BCUT2D eigenvalue weighted by molar-refractivity contribution is 7.46. The average Bonchev–Trinajstić information content (AvgIpc) is 1.65. The smallest absolute Gasteiger partial charge is 0.0734 e. The largest absolute Gasteiger partial charge is 0.354 e. The van der Waals surface area contributed by atoms with Gasteiger partial charge in [-0.2, -0.15) is 0 Å². The molecular formula is C3H7ClOP+. The summed E-state index contributed by atoms with van der Waals surface area (Å²) < 4.78 is 10.2. The molecule has 1 atom stereocenters. The first-order valence-electron chi connectivity index (χ1n) is 1.79. The fourth-order valence-electron chi connectivity index (χ4n) is 0.0845. The minimum absolute atomic E-state index is 0.311. The van der Waals surface area contributed by atoms with Crippen molar-refractivity contribution in [2.24, 2.45) is 0 Å². The highest BCUT2D eigenvalue weighted by Gasteiger charge is 2.04. The lowest BCUT2D eigenvalue weighted by atomic mass is 11.0. The van der Waals surface area contributed by atoms with Crippen LogP contribution in [0.2, 0.25) is 0 Å². The first kappa shape index (κ1) is 6.39. The van der Waals surface area contributed by atoms with Gasteiger partial charge in [-0.25, -0.2) is 0 Å². The Hall–Kier alpha value is 0.390. The normalized spacial score (nSPS) is 11.3. The van der Waals surface area contributed by atoms with Crippen LogP contribution >= 0.6 is 19.4 Å². The van der Waals surface area contributed by atoms with Gasteiger partial charge in [0.05, 0.1) is 0 Å². The van der Waals surface area contributed by atoms with Crippen LogP contribution in [0.5, 0.6) is 0 Å². The molecule has 0 aliphatic carbocycles. The zero-order chi connectivity index (χ0) is 4.99. The molecule has 0 aromatic carbocycles. The average molecular weight is 126 g/mol. The molecule has 0 spiro atoms. The van der Waals surface area contributed by atoms with E-state index in [1.807, 2.05) is 6.92 Å². The highest BCUT2D eigenvalue weighted by atomic mass is 35.5. The Kier molecular flexibility index (Phi) is 3.81. The summed E-state index contributed by atoms with van der Waals surface area (Å²) in [6.45, 7) is 1.86. The zero-order valence-corrected chi connectivity index (χ0v) is 5.30. The molecule has 0 fully saturated rings. The standard InChI is InChI=1S/C3H7ClOP/c1-2-6(5)3-4/h2-3H2,1H3/q+1. The summed E-state index contributed by atoms with van der Waals surface area (Å²) in [4.78, 5) is 0. The van der Waals surface area contributed by atoms with E-state index in [1.54, 1.807) is 0 Å². The first-order valence-corrected chi connectivity index (χ1v) is 3.95. The molecule has 0 aliphatic rings. The second-order valence-electron chi connectivity index (χ2n) is 0.918. The molecule has 0 heterocycles. The fraction of sp³-hybridized carbons (Fsp3) is 1.00. The van der Waals surface area contributed by atoms with Crippen LogP contribution in [-0.4, -0.2) is 11.8 Å². The van der Waals surface area contributed by atoms with E-state index in [0.29, 0.717) is 11.8 Å². The van der Waals surface area contributed by atoms with Gasteiger partial charge in [-0.3, -0.25) is 0 Å². The number of halogens is 1. The molecule has 3 heteroatoms. The summed E-state index contributed by atoms with van der Waals surface area (Å²) in [6, 6.07) is 0. The predicted octanol–water partition coefficient (Wildman–Crippen LogP) is 2.03. The van der Waals surface area contributed by atoms with E-state index in [-0.39, 0.29) is 0 Å². The maximum absolute atomic E-state index is 10.2. The van der Waals surface area contributed by atoms with E-state index in [4.69, 9.17) is 11.6 Å². The summed E-state index contributed by atoms with van der Waals surface area (Å²) >= 11 is 5.17. The third-order valence-corrected chi connectivity index (χ3v) is 2.26. The SMILES string of the molecule is CC[P+](=O)CCl. The van der Waals surface area contributed by atoms with E-state index in [9.17, 15) is 4.57 Å². The van der Waals surface area contributed by atoms with Crippen molar-refractivity contribution in [3.63, 3.8) is 0 Å². The lowest BCUT2D eigenvalue weighted by Crippen LogP contribution is -1.63. The van der Waals surface area contributed by atoms with E-state index in [0.717, 1.165) is 0 Å². The molecule has 1 unspecified atom stereocenters. The molecular weight excluding hydrogens is 118 g/mol. The van der Waals surface area contributed by atoms with Crippen LogP contribution in [0.15, 0.2) is 0 Å². The lowest BCUT2D eigenvalue weighted by molar-refractivity contribution is 0.591. The fourth-order valence-corrected chi connectivity index (χ4v) is 0.761. The maximum Gasteiger partial charge on any atom is 0.354 e. The number of hydrogen-bond acceptors (Lipinski definition) is 1. The Bertz CT molecular complexity index is 48.8. The summed E-state index contributed by atoms with van der Waals surface area (Å²) in [7, 11) is -1.06. The molecule has 0 saturated carbocycles. The molecule has 0 saturated heterocycles. The van der Waals surface area contributed by atoms with E-state index >= 15 is 0 Å². The summed E-state index contributed by atoms with van der Waals surface area (Å²) in [6.07, 6.45) is 0.707. The van der Waals surface area contributed by atoms with Crippen molar-refractivity contribution in [3.05, 3.63) is 0 Å². The Morgan fingerprint density at radius 1 is 1.83 bits per heavy atom. The molecule has 0 aliphatic heterocycles.